The molecule has 0 bridgehead atoms. The minimum Gasteiger partial charge on any atom is -0.481 e. The number of carboxylic acids is 1. The van der Waals surface area contributed by atoms with E-state index in [4.69, 9.17) is 15.0 Å². The van der Waals surface area contributed by atoms with Crippen molar-refractivity contribution in [2.75, 3.05) is 38.7 Å². The van der Waals surface area contributed by atoms with Crippen molar-refractivity contribution in [2.24, 2.45) is 11.0 Å². The molecule has 0 spiro atoms. The Labute approximate surface area is 162 Å². The number of ether oxygens (including phenoxy) is 2. The van der Waals surface area contributed by atoms with Gasteiger partial charge in [-0.05, 0) is 25.8 Å². The maximum Gasteiger partial charge on any atom is 0.308 e. The van der Waals surface area contributed by atoms with E-state index in [1.165, 1.54) is 10.8 Å². The van der Waals surface area contributed by atoms with Crippen molar-refractivity contribution in [1.29, 1.82) is 0 Å². The quantitative estimate of drug-likeness (QED) is 0.127. The fourth-order valence-corrected chi connectivity index (χ4v) is 4.82. The van der Waals surface area contributed by atoms with Crippen molar-refractivity contribution in [1.82, 2.24) is 0 Å². The summed E-state index contributed by atoms with van der Waals surface area (Å²) in [4.78, 5) is 26.3. The van der Waals surface area contributed by atoms with Gasteiger partial charge in [0.05, 0.1) is 32.3 Å². The van der Waals surface area contributed by atoms with Crippen LogP contribution in [0.15, 0.2) is 5.11 Å². The summed E-state index contributed by atoms with van der Waals surface area (Å²) in [6, 6.07) is 0. The SMILES string of the molecule is CCCSSC(C)(C)[C@H](CC(=O)CCOCCOCCN=[N+]=[N-])C(=O)O. The Balaban J connectivity index is 4.08. The molecule has 150 valence electrons. The lowest BCUT2D eigenvalue weighted by Crippen LogP contribution is -2.35. The predicted molar refractivity (Wildman–Crippen MR) is 105 cm³/mol. The third-order valence-corrected chi connectivity index (χ3v) is 6.98. The highest BCUT2D eigenvalue weighted by Gasteiger charge is 2.37. The Bertz CT molecular complexity index is 471. The van der Waals surface area contributed by atoms with Gasteiger partial charge in [-0.2, -0.15) is 0 Å². The summed E-state index contributed by atoms with van der Waals surface area (Å²) in [7, 11) is 3.17. The maximum atomic E-state index is 12.1. The molecule has 0 aromatic rings. The summed E-state index contributed by atoms with van der Waals surface area (Å²) in [5.41, 5.74) is 8.10. The van der Waals surface area contributed by atoms with E-state index in [0.29, 0.717) is 19.8 Å². The molecule has 0 aliphatic rings. The highest BCUT2D eigenvalue weighted by atomic mass is 33.1. The molecule has 0 radical (unpaired) electrons. The number of carbonyl (C=O) groups is 2. The monoisotopic (exact) mass is 407 g/mol. The second-order valence-corrected chi connectivity index (χ2v) is 9.14. The zero-order valence-corrected chi connectivity index (χ0v) is 17.3. The largest absolute Gasteiger partial charge is 0.481 e. The first kappa shape index (κ1) is 25.1. The lowest BCUT2D eigenvalue weighted by molar-refractivity contribution is -0.144. The molecule has 0 aromatic heterocycles. The molecule has 1 N–H and O–H groups in total. The van der Waals surface area contributed by atoms with Crippen LogP contribution >= 0.6 is 21.6 Å². The standard InChI is InChI=1S/C16H29N3O5S2/c1-4-11-25-26-16(2,3)14(15(21)22)12-13(20)5-7-23-9-10-24-8-6-18-19-17/h14H,4-12H2,1-3H3,(H,21,22)/t14-/m1/s1. The van der Waals surface area contributed by atoms with E-state index in [1.807, 2.05) is 13.8 Å². The van der Waals surface area contributed by atoms with Crippen LogP contribution < -0.4 is 0 Å². The Kier molecular flexibility index (Phi) is 14.6. The molecule has 0 saturated heterocycles. The van der Waals surface area contributed by atoms with Gasteiger partial charge >= 0.3 is 5.97 Å². The Morgan fingerprint density at radius 3 is 2.46 bits per heavy atom. The lowest BCUT2D eigenvalue weighted by Gasteiger charge is -2.29. The smallest absolute Gasteiger partial charge is 0.308 e. The topological polar surface area (TPSA) is 122 Å². The number of azide groups is 1. The molecule has 1 atom stereocenters. The van der Waals surface area contributed by atoms with Gasteiger partial charge in [0.2, 0.25) is 0 Å². The van der Waals surface area contributed by atoms with Crippen LogP contribution in [0.25, 0.3) is 10.4 Å². The van der Waals surface area contributed by atoms with E-state index in [9.17, 15) is 14.7 Å². The number of hydrogen-bond donors (Lipinski definition) is 1. The van der Waals surface area contributed by atoms with Crippen LogP contribution in [0, 0.1) is 5.92 Å². The van der Waals surface area contributed by atoms with Gasteiger partial charge in [0.15, 0.2) is 0 Å². The van der Waals surface area contributed by atoms with Crippen molar-refractivity contribution in [3.8, 4) is 0 Å². The van der Waals surface area contributed by atoms with Crippen LogP contribution in [0.4, 0.5) is 0 Å². The molecule has 0 aliphatic carbocycles. The fourth-order valence-electron chi connectivity index (χ4n) is 1.95. The average molecular weight is 408 g/mol. The van der Waals surface area contributed by atoms with Gasteiger partial charge in [0.25, 0.3) is 0 Å². The van der Waals surface area contributed by atoms with E-state index in [-0.39, 0.29) is 31.8 Å². The zero-order valence-electron chi connectivity index (χ0n) is 15.7. The van der Waals surface area contributed by atoms with Gasteiger partial charge in [0.1, 0.15) is 5.78 Å². The molecule has 0 amide bonds. The van der Waals surface area contributed by atoms with Crippen LogP contribution in [-0.2, 0) is 19.1 Å². The number of hydrogen-bond acceptors (Lipinski definition) is 7. The van der Waals surface area contributed by atoms with E-state index < -0.39 is 16.6 Å². The zero-order chi connectivity index (χ0) is 19.8. The molecule has 8 nitrogen and oxygen atoms in total. The van der Waals surface area contributed by atoms with E-state index in [1.54, 1.807) is 10.8 Å². The molecule has 0 fully saturated rings. The minimum atomic E-state index is -0.942. The number of carbonyl (C=O) groups excluding carboxylic acids is 1. The third kappa shape index (κ3) is 12.4. The Morgan fingerprint density at radius 1 is 1.23 bits per heavy atom. The van der Waals surface area contributed by atoms with Crippen LogP contribution in [0.1, 0.15) is 40.0 Å². The van der Waals surface area contributed by atoms with E-state index in [0.717, 1.165) is 12.2 Å². The summed E-state index contributed by atoms with van der Waals surface area (Å²) >= 11 is 0. The number of ketones is 1. The van der Waals surface area contributed by atoms with Crippen molar-refractivity contribution in [3.63, 3.8) is 0 Å². The van der Waals surface area contributed by atoms with Crippen molar-refractivity contribution >= 4 is 33.3 Å². The number of carboxylic acid groups (broad SMARTS) is 1. The number of rotatable bonds is 17. The number of aliphatic carboxylic acids is 1. The van der Waals surface area contributed by atoms with Crippen LogP contribution in [0.5, 0.6) is 0 Å². The summed E-state index contributed by atoms with van der Waals surface area (Å²) in [6.45, 7) is 7.34. The summed E-state index contributed by atoms with van der Waals surface area (Å²) < 4.78 is 9.96. The van der Waals surface area contributed by atoms with Gasteiger partial charge in [0, 0.05) is 34.8 Å². The van der Waals surface area contributed by atoms with Gasteiger partial charge in [-0.15, -0.1) is 0 Å². The maximum absolute atomic E-state index is 12.1. The minimum absolute atomic E-state index is 0.00798. The lowest BCUT2D eigenvalue weighted by atomic mass is 9.89. The number of Topliss-reactive ketones (excluding diaryl/α,β-unsaturated/α-hetero) is 1. The van der Waals surface area contributed by atoms with Gasteiger partial charge in [-0.3, -0.25) is 9.59 Å². The third-order valence-electron chi connectivity index (χ3n) is 3.43. The highest BCUT2D eigenvalue weighted by Crippen LogP contribution is 2.42. The first-order valence-electron chi connectivity index (χ1n) is 8.56. The molecule has 0 unspecified atom stereocenters. The van der Waals surface area contributed by atoms with Crippen LogP contribution in [0.2, 0.25) is 0 Å². The molecule has 0 aliphatic heterocycles. The second kappa shape index (κ2) is 15.2. The molecular formula is C16H29N3O5S2. The van der Waals surface area contributed by atoms with Gasteiger partial charge < -0.3 is 14.6 Å². The van der Waals surface area contributed by atoms with E-state index >= 15 is 0 Å². The normalized spacial score (nSPS) is 12.4. The second-order valence-electron chi connectivity index (χ2n) is 6.07. The first-order chi connectivity index (χ1) is 12.3. The Hall–Kier alpha value is -0.930. The fraction of sp³-hybridized carbons (Fsp3) is 0.875. The van der Waals surface area contributed by atoms with Crippen molar-refractivity contribution in [2.45, 2.75) is 44.8 Å². The predicted octanol–water partition coefficient (Wildman–Crippen LogP) is 3.95. The highest BCUT2D eigenvalue weighted by molar-refractivity contribution is 8.77. The molecule has 26 heavy (non-hydrogen) atoms. The molecule has 10 heteroatoms. The van der Waals surface area contributed by atoms with Gasteiger partial charge in [-0.1, -0.05) is 33.6 Å². The summed E-state index contributed by atoms with van der Waals surface area (Å²) in [5.74, 6) is -0.834. The van der Waals surface area contributed by atoms with Crippen LogP contribution in [-0.4, -0.2) is 60.3 Å². The molecule has 0 saturated carbocycles. The molecule has 0 heterocycles. The summed E-state index contributed by atoms with van der Waals surface area (Å²) in [6.07, 6.45) is 1.22. The average Bonchev–Trinajstić information content (AvgIpc) is 2.58. The first-order valence-corrected chi connectivity index (χ1v) is 10.9. The van der Waals surface area contributed by atoms with Gasteiger partial charge in [-0.25, -0.2) is 0 Å². The molecular weight excluding hydrogens is 378 g/mol. The molecule has 0 aromatic carbocycles. The molecule has 0 rings (SSSR count). The van der Waals surface area contributed by atoms with Crippen molar-refractivity contribution < 1.29 is 24.2 Å². The van der Waals surface area contributed by atoms with E-state index in [2.05, 4.69) is 16.9 Å². The van der Waals surface area contributed by atoms with Crippen molar-refractivity contribution in [3.05, 3.63) is 10.4 Å². The summed E-state index contributed by atoms with van der Waals surface area (Å²) in [5, 5.41) is 12.8. The number of nitrogens with zero attached hydrogens (tertiary/aromatic N) is 3. The van der Waals surface area contributed by atoms with Crippen LogP contribution in [0.3, 0.4) is 0 Å². The Morgan fingerprint density at radius 2 is 1.88 bits per heavy atom.